The number of hydrogen-bond donors (Lipinski definition) is 0. The van der Waals surface area contributed by atoms with Gasteiger partial charge in [0.25, 0.3) is 0 Å². The molecule has 3 aromatic rings. The molecule has 0 fully saturated rings. The molecule has 0 radical (unpaired) electrons. The van der Waals surface area contributed by atoms with Crippen molar-refractivity contribution in [2.75, 3.05) is 13.7 Å². The lowest BCUT2D eigenvalue weighted by molar-refractivity contribution is 0.0476. The van der Waals surface area contributed by atoms with E-state index in [1.165, 1.54) is 7.11 Å². The lowest BCUT2D eigenvalue weighted by atomic mass is 10.0. The van der Waals surface area contributed by atoms with Gasteiger partial charge in [0.2, 0.25) is 5.78 Å². The fraction of sp³-hybridized carbons (Fsp3) is 0.100. The first-order valence-corrected chi connectivity index (χ1v) is 7.52. The van der Waals surface area contributed by atoms with Crippen LogP contribution in [0.5, 0.6) is 5.75 Å². The van der Waals surface area contributed by atoms with Crippen LogP contribution in [0, 0.1) is 0 Å². The number of methoxy groups -OCH3 is 1. The lowest BCUT2D eigenvalue weighted by Crippen LogP contribution is -2.15. The Hall–Kier alpha value is -3.14. The standard InChI is InChI=1S/C20H16O4/c1-23-19-12-5-4-10-17(19)18(21)13-24-20(22)16-11-6-8-14-7-2-3-9-15(14)16/h2-12H,13H2,1H3. The number of hydrogen-bond acceptors (Lipinski definition) is 4. The van der Waals surface area contributed by atoms with Crippen LogP contribution in [-0.4, -0.2) is 25.5 Å². The molecule has 0 unspecified atom stereocenters. The Balaban J connectivity index is 1.77. The van der Waals surface area contributed by atoms with Crippen molar-refractivity contribution in [2.45, 2.75) is 0 Å². The number of carbonyl (C=O) groups is 2. The largest absolute Gasteiger partial charge is 0.496 e. The molecule has 0 aliphatic carbocycles. The van der Waals surface area contributed by atoms with Gasteiger partial charge in [0.1, 0.15) is 5.75 Å². The quantitative estimate of drug-likeness (QED) is 0.529. The van der Waals surface area contributed by atoms with E-state index in [1.807, 2.05) is 30.3 Å². The van der Waals surface area contributed by atoms with Gasteiger partial charge in [-0.25, -0.2) is 4.79 Å². The predicted molar refractivity (Wildman–Crippen MR) is 91.6 cm³/mol. The van der Waals surface area contributed by atoms with E-state index in [1.54, 1.807) is 36.4 Å². The number of rotatable bonds is 5. The summed E-state index contributed by atoms with van der Waals surface area (Å²) in [5.74, 6) is -0.361. The molecule has 0 atom stereocenters. The molecule has 4 nitrogen and oxygen atoms in total. The summed E-state index contributed by atoms with van der Waals surface area (Å²) in [6, 6.07) is 19.8. The van der Waals surface area contributed by atoms with Crippen LogP contribution in [0.25, 0.3) is 10.8 Å². The smallest absolute Gasteiger partial charge is 0.339 e. The third-order valence-electron chi connectivity index (χ3n) is 3.75. The molecule has 0 saturated heterocycles. The molecule has 3 rings (SSSR count). The number of ketones is 1. The summed E-state index contributed by atoms with van der Waals surface area (Å²) in [6.45, 7) is -0.331. The van der Waals surface area contributed by atoms with E-state index in [-0.39, 0.29) is 12.4 Å². The second kappa shape index (κ2) is 6.96. The molecule has 24 heavy (non-hydrogen) atoms. The summed E-state index contributed by atoms with van der Waals surface area (Å²) < 4.78 is 10.4. The Morgan fingerprint density at radius 3 is 2.33 bits per heavy atom. The molecule has 0 aromatic heterocycles. The van der Waals surface area contributed by atoms with Crippen LogP contribution >= 0.6 is 0 Å². The molecule has 0 aliphatic rings. The second-order valence-electron chi connectivity index (χ2n) is 5.23. The number of esters is 1. The average molecular weight is 320 g/mol. The molecule has 0 heterocycles. The van der Waals surface area contributed by atoms with Gasteiger partial charge in [0.15, 0.2) is 6.61 Å². The summed E-state index contributed by atoms with van der Waals surface area (Å²) in [5.41, 5.74) is 0.839. The molecule has 0 N–H and O–H groups in total. The molecular formula is C20H16O4. The Morgan fingerprint density at radius 2 is 1.50 bits per heavy atom. The first-order valence-electron chi connectivity index (χ1n) is 7.52. The zero-order valence-corrected chi connectivity index (χ0v) is 13.2. The van der Waals surface area contributed by atoms with E-state index >= 15 is 0 Å². The predicted octanol–water partition coefficient (Wildman–Crippen LogP) is 3.89. The number of benzene rings is 3. The molecule has 120 valence electrons. The van der Waals surface area contributed by atoms with Crippen molar-refractivity contribution in [1.29, 1.82) is 0 Å². The third-order valence-corrected chi connectivity index (χ3v) is 3.75. The highest BCUT2D eigenvalue weighted by molar-refractivity contribution is 6.06. The van der Waals surface area contributed by atoms with E-state index in [9.17, 15) is 9.59 Å². The summed E-state index contributed by atoms with van der Waals surface area (Å²) in [4.78, 5) is 24.6. The number of Topliss-reactive ketones (excluding diaryl/α,β-unsaturated/α-hetero) is 1. The van der Waals surface area contributed by atoms with Gasteiger partial charge in [-0.1, -0.05) is 48.5 Å². The minimum Gasteiger partial charge on any atom is -0.496 e. The highest BCUT2D eigenvalue weighted by Gasteiger charge is 2.16. The van der Waals surface area contributed by atoms with Crippen LogP contribution < -0.4 is 4.74 Å². The normalized spacial score (nSPS) is 10.4. The maximum absolute atomic E-state index is 12.3. The number of fused-ring (bicyclic) bond motifs is 1. The van der Waals surface area contributed by atoms with Gasteiger partial charge in [-0.05, 0) is 29.0 Å². The number of carbonyl (C=O) groups excluding carboxylic acids is 2. The van der Waals surface area contributed by atoms with Crippen LogP contribution in [0.4, 0.5) is 0 Å². The molecule has 0 spiro atoms. The maximum atomic E-state index is 12.3. The topological polar surface area (TPSA) is 52.6 Å². The van der Waals surface area contributed by atoms with Crippen LogP contribution in [0.2, 0.25) is 0 Å². The van der Waals surface area contributed by atoms with Crippen molar-refractivity contribution in [1.82, 2.24) is 0 Å². The molecule has 0 amide bonds. The molecule has 0 saturated carbocycles. The Kier molecular flexibility index (Phi) is 4.57. The zero-order valence-electron chi connectivity index (χ0n) is 13.2. The zero-order chi connectivity index (χ0) is 16.9. The highest BCUT2D eigenvalue weighted by atomic mass is 16.5. The molecule has 0 bridgehead atoms. The average Bonchev–Trinajstić information content (AvgIpc) is 2.65. The molecular weight excluding hydrogens is 304 g/mol. The van der Waals surface area contributed by atoms with E-state index in [2.05, 4.69) is 0 Å². The Morgan fingerprint density at radius 1 is 0.833 bits per heavy atom. The van der Waals surface area contributed by atoms with Gasteiger partial charge in [0, 0.05) is 0 Å². The fourth-order valence-electron chi connectivity index (χ4n) is 2.57. The van der Waals surface area contributed by atoms with Crippen molar-refractivity contribution < 1.29 is 19.1 Å². The minimum atomic E-state index is -0.518. The van der Waals surface area contributed by atoms with E-state index < -0.39 is 5.97 Å². The van der Waals surface area contributed by atoms with Crippen molar-refractivity contribution in [3.8, 4) is 5.75 Å². The van der Waals surface area contributed by atoms with E-state index in [0.717, 1.165) is 10.8 Å². The minimum absolute atomic E-state index is 0.305. The van der Waals surface area contributed by atoms with Gasteiger partial charge in [-0.15, -0.1) is 0 Å². The van der Waals surface area contributed by atoms with E-state index in [0.29, 0.717) is 16.9 Å². The van der Waals surface area contributed by atoms with Crippen molar-refractivity contribution in [2.24, 2.45) is 0 Å². The van der Waals surface area contributed by atoms with Gasteiger partial charge >= 0.3 is 5.97 Å². The monoisotopic (exact) mass is 320 g/mol. The van der Waals surface area contributed by atoms with E-state index in [4.69, 9.17) is 9.47 Å². The van der Waals surface area contributed by atoms with Crippen LogP contribution in [-0.2, 0) is 4.74 Å². The summed E-state index contributed by atoms with van der Waals surface area (Å²) in [6.07, 6.45) is 0. The molecule has 4 heteroatoms. The van der Waals surface area contributed by atoms with Crippen LogP contribution in [0.15, 0.2) is 66.7 Å². The van der Waals surface area contributed by atoms with Gasteiger partial charge in [-0.2, -0.15) is 0 Å². The summed E-state index contributed by atoms with van der Waals surface area (Å²) >= 11 is 0. The lowest BCUT2D eigenvalue weighted by Gasteiger charge is -2.09. The van der Waals surface area contributed by atoms with Crippen molar-refractivity contribution in [3.05, 3.63) is 77.9 Å². The number of ether oxygens (including phenoxy) is 2. The summed E-state index contributed by atoms with van der Waals surface area (Å²) in [7, 11) is 1.49. The van der Waals surface area contributed by atoms with Gasteiger partial charge in [0.05, 0.1) is 18.2 Å². The Bertz CT molecular complexity index is 894. The van der Waals surface area contributed by atoms with Gasteiger partial charge in [-0.3, -0.25) is 4.79 Å². The van der Waals surface area contributed by atoms with Crippen molar-refractivity contribution >= 4 is 22.5 Å². The highest BCUT2D eigenvalue weighted by Crippen LogP contribution is 2.20. The van der Waals surface area contributed by atoms with Crippen molar-refractivity contribution in [3.63, 3.8) is 0 Å². The van der Waals surface area contributed by atoms with Crippen LogP contribution in [0.3, 0.4) is 0 Å². The first-order chi connectivity index (χ1) is 11.7. The summed E-state index contributed by atoms with van der Waals surface area (Å²) in [5, 5.41) is 1.75. The third kappa shape index (κ3) is 3.13. The number of para-hydroxylation sites is 1. The van der Waals surface area contributed by atoms with Gasteiger partial charge < -0.3 is 9.47 Å². The molecule has 0 aliphatic heterocycles. The first kappa shape index (κ1) is 15.7. The second-order valence-corrected chi connectivity index (χ2v) is 5.23. The Labute approximate surface area is 139 Å². The maximum Gasteiger partial charge on any atom is 0.339 e. The molecule has 3 aromatic carbocycles. The fourth-order valence-corrected chi connectivity index (χ4v) is 2.57. The van der Waals surface area contributed by atoms with Crippen LogP contribution in [0.1, 0.15) is 20.7 Å². The SMILES string of the molecule is COc1ccccc1C(=O)COC(=O)c1cccc2ccccc12.